The molecule has 1 fully saturated rings. The largest absolute Gasteiger partial charge is 0.399 e. The Kier molecular flexibility index (Phi) is 7.16. The Bertz CT molecular complexity index is 623. The highest BCUT2D eigenvalue weighted by Gasteiger charge is 2.23. The standard InChI is InChI=1S/C16H23N5.2ClH/c1-20(14-10-6-9-13(17)11-14)16-19-18-15(21(16)2)12-7-4-3-5-8-12;;/h6,9-12H,3-5,7-8,17H2,1-2H3;2*1H. The van der Waals surface area contributed by atoms with E-state index in [1.54, 1.807) is 0 Å². The fraction of sp³-hybridized carbons (Fsp3) is 0.500. The molecule has 1 saturated carbocycles. The van der Waals surface area contributed by atoms with Crippen molar-refractivity contribution in [2.75, 3.05) is 17.7 Å². The minimum atomic E-state index is 0. The van der Waals surface area contributed by atoms with Gasteiger partial charge in [0.25, 0.3) is 0 Å². The van der Waals surface area contributed by atoms with Gasteiger partial charge in [0.05, 0.1) is 0 Å². The van der Waals surface area contributed by atoms with Crippen LogP contribution < -0.4 is 10.6 Å². The SMILES string of the molecule is CN(c1cccc(N)c1)c1nnc(C2CCCCC2)n1C.Cl.Cl. The van der Waals surface area contributed by atoms with E-state index in [2.05, 4.69) is 21.8 Å². The normalized spacial score (nSPS) is 14.7. The monoisotopic (exact) mass is 357 g/mol. The molecule has 3 rings (SSSR count). The molecule has 1 aromatic carbocycles. The quantitative estimate of drug-likeness (QED) is 0.841. The minimum absolute atomic E-state index is 0. The molecule has 0 spiro atoms. The van der Waals surface area contributed by atoms with Crippen molar-refractivity contribution in [2.24, 2.45) is 7.05 Å². The van der Waals surface area contributed by atoms with Gasteiger partial charge in [-0.1, -0.05) is 25.3 Å². The van der Waals surface area contributed by atoms with Crippen molar-refractivity contribution >= 4 is 42.1 Å². The summed E-state index contributed by atoms with van der Waals surface area (Å²) in [6, 6.07) is 7.83. The van der Waals surface area contributed by atoms with Gasteiger partial charge in [0.15, 0.2) is 0 Å². The number of benzene rings is 1. The average molecular weight is 358 g/mol. The van der Waals surface area contributed by atoms with Crippen molar-refractivity contribution in [3.05, 3.63) is 30.1 Å². The molecule has 0 amide bonds. The molecule has 128 valence electrons. The molecule has 1 heterocycles. The molecule has 1 aliphatic rings. The number of anilines is 3. The number of hydrogen-bond donors (Lipinski definition) is 1. The van der Waals surface area contributed by atoms with E-state index in [0.717, 1.165) is 23.1 Å². The number of halogens is 2. The van der Waals surface area contributed by atoms with E-state index in [1.165, 1.54) is 32.1 Å². The number of nitrogens with zero attached hydrogens (tertiary/aromatic N) is 4. The van der Waals surface area contributed by atoms with E-state index in [9.17, 15) is 0 Å². The molecule has 7 heteroatoms. The molecule has 0 saturated heterocycles. The zero-order valence-corrected chi connectivity index (χ0v) is 15.2. The predicted molar refractivity (Wildman–Crippen MR) is 100 cm³/mol. The number of nitrogen functional groups attached to an aromatic ring is 1. The van der Waals surface area contributed by atoms with Crippen LogP contribution in [0.3, 0.4) is 0 Å². The summed E-state index contributed by atoms with van der Waals surface area (Å²) in [5, 5.41) is 8.84. The smallest absolute Gasteiger partial charge is 0.231 e. The molecule has 0 atom stereocenters. The molecule has 0 bridgehead atoms. The third kappa shape index (κ3) is 4.09. The Morgan fingerprint density at radius 3 is 2.48 bits per heavy atom. The van der Waals surface area contributed by atoms with Crippen molar-refractivity contribution < 1.29 is 0 Å². The van der Waals surface area contributed by atoms with Crippen molar-refractivity contribution in [3.63, 3.8) is 0 Å². The van der Waals surface area contributed by atoms with E-state index in [4.69, 9.17) is 5.73 Å². The van der Waals surface area contributed by atoms with Gasteiger partial charge >= 0.3 is 0 Å². The number of hydrogen-bond acceptors (Lipinski definition) is 4. The Labute approximate surface area is 150 Å². The van der Waals surface area contributed by atoms with Crippen molar-refractivity contribution in [1.82, 2.24) is 14.8 Å². The molecule has 5 nitrogen and oxygen atoms in total. The second kappa shape index (κ2) is 8.41. The zero-order valence-electron chi connectivity index (χ0n) is 13.6. The summed E-state index contributed by atoms with van der Waals surface area (Å²) in [7, 11) is 4.06. The van der Waals surface area contributed by atoms with Gasteiger partial charge in [0.1, 0.15) is 5.82 Å². The van der Waals surface area contributed by atoms with E-state index < -0.39 is 0 Å². The van der Waals surface area contributed by atoms with Crippen LogP contribution in [0.5, 0.6) is 0 Å². The highest BCUT2D eigenvalue weighted by atomic mass is 35.5. The topological polar surface area (TPSA) is 60.0 Å². The summed E-state index contributed by atoms with van der Waals surface area (Å²) in [4.78, 5) is 2.04. The zero-order chi connectivity index (χ0) is 14.8. The van der Waals surface area contributed by atoms with Gasteiger partial charge in [-0.25, -0.2) is 0 Å². The first-order chi connectivity index (χ1) is 10.2. The Hall–Kier alpha value is -1.46. The van der Waals surface area contributed by atoms with E-state index in [1.807, 2.05) is 36.2 Å². The van der Waals surface area contributed by atoms with Crippen LogP contribution in [-0.4, -0.2) is 21.8 Å². The number of aromatic nitrogens is 3. The van der Waals surface area contributed by atoms with Crippen LogP contribution in [0.1, 0.15) is 43.8 Å². The predicted octanol–water partition coefficient (Wildman–Crippen LogP) is 4.06. The summed E-state index contributed by atoms with van der Waals surface area (Å²) >= 11 is 0. The van der Waals surface area contributed by atoms with Crippen molar-refractivity contribution in [1.29, 1.82) is 0 Å². The van der Waals surface area contributed by atoms with Crippen LogP contribution in [0, 0.1) is 0 Å². The Morgan fingerprint density at radius 2 is 1.83 bits per heavy atom. The second-order valence-corrected chi connectivity index (χ2v) is 5.91. The summed E-state index contributed by atoms with van der Waals surface area (Å²) in [6.45, 7) is 0. The fourth-order valence-corrected chi connectivity index (χ4v) is 3.19. The molecule has 1 aliphatic carbocycles. The van der Waals surface area contributed by atoms with Crippen LogP contribution in [0.25, 0.3) is 0 Å². The number of rotatable bonds is 3. The third-order valence-corrected chi connectivity index (χ3v) is 4.41. The third-order valence-electron chi connectivity index (χ3n) is 4.41. The minimum Gasteiger partial charge on any atom is -0.399 e. The highest BCUT2D eigenvalue weighted by molar-refractivity contribution is 5.85. The van der Waals surface area contributed by atoms with Gasteiger partial charge in [0.2, 0.25) is 5.95 Å². The first kappa shape index (κ1) is 19.6. The van der Waals surface area contributed by atoms with Crippen molar-refractivity contribution in [3.8, 4) is 0 Å². The van der Waals surface area contributed by atoms with Crippen LogP contribution in [-0.2, 0) is 7.05 Å². The van der Waals surface area contributed by atoms with E-state index in [-0.39, 0.29) is 24.8 Å². The van der Waals surface area contributed by atoms with Gasteiger partial charge in [-0.05, 0) is 31.0 Å². The van der Waals surface area contributed by atoms with Crippen LogP contribution >= 0.6 is 24.8 Å². The lowest BCUT2D eigenvalue weighted by atomic mass is 9.89. The van der Waals surface area contributed by atoms with Gasteiger partial charge in [-0.3, -0.25) is 4.57 Å². The molecule has 0 radical (unpaired) electrons. The summed E-state index contributed by atoms with van der Waals surface area (Å²) in [6.07, 6.45) is 6.42. The molecule has 23 heavy (non-hydrogen) atoms. The van der Waals surface area contributed by atoms with E-state index >= 15 is 0 Å². The lowest BCUT2D eigenvalue weighted by Gasteiger charge is -2.22. The fourth-order valence-electron chi connectivity index (χ4n) is 3.19. The van der Waals surface area contributed by atoms with Gasteiger partial charge in [-0.2, -0.15) is 0 Å². The first-order valence-electron chi connectivity index (χ1n) is 7.65. The maximum atomic E-state index is 5.87. The number of nitrogens with two attached hydrogens (primary N) is 1. The maximum absolute atomic E-state index is 5.87. The van der Waals surface area contributed by atoms with Gasteiger partial charge in [-0.15, -0.1) is 35.0 Å². The molecule has 2 aromatic rings. The first-order valence-corrected chi connectivity index (χ1v) is 7.65. The Morgan fingerprint density at radius 1 is 1.13 bits per heavy atom. The van der Waals surface area contributed by atoms with Gasteiger partial charge in [0, 0.05) is 31.4 Å². The molecule has 1 aromatic heterocycles. The van der Waals surface area contributed by atoms with Gasteiger partial charge < -0.3 is 10.6 Å². The molecule has 0 aliphatic heterocycles. The summed E-state index contributed by atoms with van der Waals surface area (Å²) in [5.74, 6) is 2.53. The average Bonchev–Trinajstić information content (AvgIpc) is 2.89. The van der Waals surface area contributed by atoms with Crippen molar-refractivity contribution in [2.45, 2.75) is 38.0 Å². The highest BCUT2D eigenvalue weighted by Crippen LogP contribution is 2.33. The van der Waals surface area contributed by atoms with E-state index in [0.29, 0.717) is 5.92 Å². The lowest BCUT2D eigenvalue weighted by Crippen LogP contribution is -2.16. The lowest BCUT2D eigenvalue weighted by molar-refractivity contribution is 0.420. The van der Waals surface area contributed by atoms with Crippen LogP contribution in [0.4, 0.5) is 17.3 Å². The maximum Gasteiger partial charge on any atom is 0.231 e. The Balaban J connectivity index is 0.00000132. The van der Waals surface area contributed by atoms with Crippen LogP contribution in [0.2, 0.25) is 0 Å². The molecule has 0 unspecified atom stereocenters. The molecular formula is C16H25Cl2N5. The summed E-state index contributed by atoms with van der Waals surface area (Å²) in [5.41, 5.74) is 7.65. The summed E-state index contributed by atoms with van der Waals surface area (Å²) < 4.78 is 2.12. The second-order valence-electron chi connectivity index (χ2n) is 5.91. The van der Waals surface area contributed by atoms with Crippen LogP contribution in [0.15, 0.2) is 24.3 Å². The molecule has 2 N–H and O–H groups in total. The molecular weight excluding hydrogens is 333 g/mol.